The molecule has 5 heteroatoms. The number of nitrogen functional groups attached to an aromatic ring is 1. The highest BCUT2D eigenvalue weighted by atomic mass is 16.5. The van der Waals surface area contributed by atoms with E-state index in [1.165, 1.54) is 0 Å². The number of phenols is 1. The topological polar surface area (TPSA) is 81.3 Å². The standard InChI is InChI=1S/C20H21N3O2/c1-13(2)12-25-15-9-7-14(8-10-15)17-11-22-20(21)23-19(17)16-5-3-4-6-18(16)24/h3-11,13,24H,12H2,1-2H3,(H2,21,22,23). The largest absolute Gasteiger partial charge is 0.507 e. The number of nitrogens with zero attached hydrogens (tertiary/aromatic N) is 2. The maximum absolute atomic E-state index is 10.2. The molecule has 0 aliphatic heterocycles. The van der Waals surface area contributed by atoms with Crippen LogP contribution in [-0.4, -0.2) is 21.7 Å². The van der Waals surface area contributed by atoms with Crippen molar-refractivity contribution in [2.75, 3.05) is 12.3 Å². The number of phenolic OH excluding ortho intramolecular Hbond substituents is 1. The van der Waals surface area contributed by atoms with Crippen molar-refractivity contribution >= 4 is 5.95 Å². The van der Waals surface area contributed by atoms with Gasteiger partial charge in [-0.05, 0) is 35.7 Å². The molecule has 25 heavy (non-hydrogen) atoms. The maximum Gasteiger partial charge on any atom is 0.220 e. The third-order valence-corrected chi connectivity index (χ3v) is 3.72. The Morgan fingerprint density at radius 2 is 1.76 bits per heavy atom. The predicted octanol–water partition coefficient (Wildman–Crippen LogP) is 4.13. The zero-order valence-electron chi connectivity index (χ0n) is 14.3. The molecule has 0 aliphatic rings. The Morgan fingerprint density at radius 1 is 1.04 bits per heavy atom. The van der Waals surface area contributed by atoms with E-state index >= 15 is 0 Å². The van der Waals surface area contributed by atoms with Crippen LogP contribution in [0, 0.1) is 5.92 Å². The van der Waals surface area contributed by atoms with Gasteiger partial charge in [0.25, 0.3) is 0 Å². The number of nitrogens with two attached hydrogens (primary N) is 1. The highest BCUT2D eigenvalue weighted by Crippen LogP contribution is 2.35. The molecular formula is C20H21N3O2. The fourth-order valence-electron chi connectivity index (χ4n) is 2.48. The number of hydrogen-bond acceptors (Lipinski definition) is 5. The van der Waals surface area contributed by atoms with Crippen molar-refractivity contribution in [3.63, 3.8) is 0 Å². The zero-order valence-corrected chi connectivity index (χ0v) is 14.3. The number of ether oxygens (including phenoxy) is 1. The lowest BCUT2D eigenvalue weighted by atomic mass is 10.00. The molecule has 0 saturated heterocycles. The van der Waals surface area contributed by atoms with Crippen LogP contribution in [0.25, 0.3) is 22.4 Å². The fourth-order valence-corrected chi connectivity index (χ4v) is 2.48. The first-order valence-corrected chi connectivity index (χ1v) is 8.18. The van der Waals surface area contributed by atoms with Crippen molar-refractivity contribution in [2.24, 2.45) is 5.92 Å². The molecule has 0 radical (unpaired) electrons. The van der Waals surface area contributed by atoms with Gasteiger partial charge in [-0.2, -0.15) is 0 Å². The minimum atomic E-state index is 0.152. The van der Waals surface area contributed by atoms with E-state index in [9.17, 15) is 5.11 Å². The van der Waals surface area contributed by atoms with Gasteiger partial charge in [-0.15, -0.1) is 0 Å². The summed E-state index contributed by atoms with van der Waals surface area (Å²) in [6, 6.07) is 14.8. The van der Waals surface area contributed by atoms with E-state index in [-0.39, 0.29) is 11.7 Å². The average molecular weight is 335 g/mol. The number of aromatic hydroxyl groups is 1. The Balaban J connectivity index is 1.99. The van der Waals surface area contributed by atoms with Crippen molar-refractivity contribution in [3.05, 3.63) is 54.7 Å². The highest BCUT2D eigenvalue weighted by molar-refractivity contribution is 5.83. The number of aromatic nitrogens is 2. The summed E-state index contributed by atoms with van der Waals surface area (Å²) >= 11 is 0. The average Bonchev–Trinajstić information content (AvgIpc) is 2.61. The van der Waals surface area contributed by atoms with Crippen molar-refractivity contribution < 1.29 is 9.84 Å². The second-order valence-electron chi connectivity index (χ2n) is 6.24. The Morgan fingerprint density at radius 3 is 2.44 bits per heavy atom. The van der Waals surface area contributed by atoms with Crippen molar-refractivity contribution in [1.29, 1.82) is 0 Å². The Hall–Kier alpha value is -3.08. The molecule has 0 spiro atoms. The molecule has 128 valence electrons. The molecule has 3 N–H and O–H groups in total. The summed E-state index contributed by atoms with van der Waals surface area (Å²) in [5.41, 5.74) is 8.70. The molecule has 0 amide bonds. The van der Waals surface area contributed by atoms with E-state index in [1.807, 2.05) is 30.3 Å². The Bertz CT molecular complexity index is 861. The molecule has 0 atom stereocenters. The number of benzene rings is 2. The zero-order chi connectivity index (χ0) is 17.8. The Kier molecular flexibility index (Phi) is 4.84. The quantitative estimate of drug-likeness (QED) is 0.732. The van der Waals surface area contributed by atoms with E-state index in [0.29, 0.717) is 23.8 Å². The van der Waals surface area contributed by atoms with E-state index < -0.39 is 0 Å². The van der Waals surface area contributed by atoms with Gasteiger partial charge in [0.05, 0.1) is 12.3 Å². The molecule has 1 aromatic heterocycles. The normalized spacial score (nSPS) is 10.8. The third kappa shape index (κ3) is 3.88. The molecule has 3 rings (SSSR count). The molecule has 1 heterocycles. The van der Waals surface area contributed by atoms with Gasteiger partial charge in [0, 0.05) is 17.3 Å². The molecular weight excluding hydrogens is 314 g/mol. The van der Waals surface area contributed by atoms with E-state index in [2.05, 4.69) is 23.8 Å². The smallest absolute Gasteiger partial charge is 0.220 e. The molecule has 0 fully saturated rings. The summed E-state index contributed by atoms with van der Waals surface area (Å²) in [5.74, 6) is 1.60. The van der Waals surface area contributed by atoms with Crippen molar-refractivity contribution in [2.45, 2.75) is 13.8 Å². The van der Waals surface area contributed by atoms with Crippen LogP contribution < -0.4 is 10.5 Å². The Labute approximate surface area is 147 Å². The van der Waals surface area contributed by atoms with E-state index in [1.54, 1.807) is 24.4 Å². The van der Waals surface area contributed by atoms with Crippen molar-refractivity contribution in [1.82, 2.24) is 9.97 Å². The first-order chi connectivity index (χ1) is 12.0. The van der Waals surface area contributed by atoms with Gasteiger partial charge in [-0.1, -0.05) is 38.1 Å². The highest BCUT2D eigenvalue weighted by Gasteiger charge is 2.14. The van der Waals surface area contributed by atoms with Gasteiger partial charge >= 0.3 is 0 Å². The lowest BCUT2D eigenvalue weighted by Crippen LogP contribution is -2.04. The first-order valence-electron chi connectivity index (χ1n) is 8.18. The summed E-state index contributed by atoms with van der Waals surface area (Å²) in [6.07, 6.45) is 1.67. The summed E-state index contributed by atoms with van der Waals surface area (Å²) in [4.78, 5) is 8.45. The predicted molar refractivity (Wildman–Crippen MR) is 99.3 cm³/mol. The summed E-state index contributed by atoms with van der Waals surface area (Å²) in [5, 5.41) is 10.2. The summed E-state index contributed by atoms with van der Waals surface area (Å²) in [6.45, 7) is 4.89. The third-order valence-electron chi connectivity index (χ3n) is 3.72. The summed E-state index contributed by atoms with van der Waals surface area (Å²) < 4.78 is 5.72. The van der Waals surface area contributed by atoms with Gasteiger partial charge in [-0.25, -0.2) is 9.97 Å². The molecule has 2 aromatic carbocycles. The lowest BCUT2D eigenvalue weighted by Gasteiger charge is -2.12. The van der Waals surface area contributed by atoms with Crippen LogP contribution in [0.2, 0.25) is 0 Å². The van der Waals surface area contributed by atoms with Crippen LogP contribution in [-0.2, 0) is 0 Å². The number of anilines is 1. The minimum Gasteiger partial charge on any atom is -0.507 e. The molecule has 0 bridgehead atoms. The van der Waals surface area contributed by atoms with Crippen molar-refractivity contribution in [3.8, 4) is 33.9 Å². The molecule has 0 unspecified atom stereocenters. The van der Waals surface area contributed by atoms with E-state index in [4.69, 9.17) is 10.5 Å². The first kappa shape index (κ1) is 16.8. The lowest BCUT2D eigenvalue weighted by molar-refractivity contribution is 0.271. The van der Waals surface area contributed by atoms with Crippen LogP contribution in [0.3, 0.4) is 0 Å². The van der Waals surface area contributed by atoms with Crippen LogP contribution in [0.1, 0.15) is 13.8 Å². The molecule has 0 saturated carbocycles. The SMILES string of the molecule is CC(C)COc1ccc(-c2cnc(N)nc2-c2ccccc2O)cc1. The molecule has 3 aromatic rings. The maximum atomic E-state index is 10.2. The van der Waals surface area contributed by atoms with Crippen LogP contribution in [0.4, 0.5) is 5.95 Å². The molecule has 0 aliphatic carbocycles. The van der Waals surface area contributed by atoms with Crippen LogP contribution >= 0.6 is 0 Å². The monoisotopic (exact) mass is 335 g/mol. The van der Waals surface area contributed by atoms with Gasteiger partial charge in [0.1, 0.15) is 11.5 Å². The second kappa shape index (κ2) is 7.21. The van der Waals surface area contributed by atoms with Gasteiger partial charge in [0.15, 0.2) is 0 Å². The van der Waals surface area contributed by atoms with Gasteiger partial charge in [0.2, 0.25) is 5.95 Å². The number of para-hydroxylation sites is 1. The second-order valence-corrected chi connectivity index (χ2v) is 6.24. The number of rotatable bonds is 5. The van der Waals surface area contributed by atoms with E-state index in [0.717, 1.165) is 16.9 Å². The summed E-state index contributed by atoms with van der Waals surface area (Å²) in [7, 11) is 0. The van der Waals surface area contributed by atoms with Gasteiger partial charge < -0.3 is 15.6 Å². The van der Waals surface area contributed by atoms with Crippen LogP contribution in [0.5, 0.6) is 11.5 Å². The number of hydrogen-bond donors (Lipinski definition) is 2. The van der Waals surface area contributed by atoms with Crippen LogP contribution in [0.15, 0.2) is 54.7 Å². The fraction of sp³-hybridized carbons (Fsp3) is 0.200. The minimum absolute atomic E-state index is 0.152. The molecule has 5 nitrogen and oxygen atoms in total. The van der Waals surface area contributed by atoms with Gasteiger partial charge in [-0.3, -0.25) is 0 Å².